The molecular formula is C13H17FN2O. The molecule has 0 radical (unpaired) electrons. The molecule has 1 aromatic rings. The quantitative estimate of drug-likeness (QED) is 0.837. The van der Waals surface area contributed by atoms with Gasteiger partial charge in [0.1, 0.15) is 17.7 Å². The van der Waals surface area contributed by atoms with Crippen LogP contribution in [0.5, 0.6) is 5.75 Å². The van der Waals surface area contributed by atoms with E-state index >= 15 is 0 Å². The normalized spacial score (nSPS) is 28.1. The van der Waals surface area contributed by atoms with Crippen molar-refractivity contribution in [3.8, 4) is 5.75 Å². The second-order valence-electron chi connectivity index (χ2n) is 5.00. The Hall–Kier alpha value is -1.13. The SMILES string of the molecule is NC1CCN(CC2Cc3cc(F)ccc3O2)C1. The van der Waals surface area contributed by atoms with Gasteiger partial charge in [-0.1, -0.05) is 0 Å². The van der Waals surface area contributed by atoms with Gasteiger partial charge in [0, 0.05) is 31.1 Å². The molecule has 0 aliphatic carbocycles. The number of hydrogen-bond acceptors (Lipinski definition) is 3. The maximum absolute atomic E-state index is 13.1. The lowest BCUT2D eigenvalue weighted by molar-refractivity contribution is 0.167. The van der Waals surface area contributed by atoms with Crippen molar-refractivity contribution in [2.75, 3.05) is 19.6 Å². The number of benzene rings is 1. The van der Waals surface area contributed by atoms with E-state index in [1.54, 1.807) is 12.1 Å². The van der Waals surface area contributed by atoms with Crippen LogP contribution in [0.15, 0.2) is 18.2 Å². The number of nitrogens with two attached hydrogens (primary N) is 1. The topological polar surface area (TPSA) is 38.5 Å². The van der Waals surface area contributed by atoms with Gasteiger partial charge in [-0.25, -0.2) is 4.39 Å². The zero-order valence-electron chi connectivity index (χ0n) is 9.73. The van der Waals surface area contributed by atoms with E-state index in [-0.39, 0.29) is 11.9 Å². The van der Waals surface area contributed by atoms with Gasteiger partial charge in [-0.3, -0.25) is 4.90 Å². The summed E-state index contributed by atoms with van der Waals surface area (Å²) in [6, 6.07) is 5.05. The van der Waals surface area contributed by atoms with Gasteiger partial charge >= 0.3 is 0 Å². The van der Waals surface area contributed by atoms with Crippen LogP contribution >= 0.6 is 0 Å². The van der Waals surface area contributed by atoms with E-state index < -0.39 is 0 Å². The van der Waals surface area contributed by atoms with Crippen LogP contribution in [0.2, 0.25) is 0 Å². The lowest BCUT2D eigenvalue weighted by atomic mass is 10.1. The molecule has 0 amide bonds. The van der Waals surface area contributed by atoms with Crippen molar-refractivity contribution in [3.05, 3.63) is 29.6 Å². The van der Waals surface area contributed by atoms with Gasteiger partial charge in [0.05, 0.1) is 0 Å². The highest BCUT2D eigenvalue weighted by atomic mass is 19.1. The number of likely N-dealkylation sites (tertiary alicyclic amines) is 1. The van der Waals surface area contributed by atoms with E-state index in [4.69, 9.17) is 10.5 Å². The molecule has 2 unspecified atom stereocenters. The Labute approximate surface area is 100 Å². The van der Waals surface area contributed by atoms with Crippen molar-refractivity contribution >= 4 is 0 Å². The fourth-order valence-electron chi connectivity index (χ4n) is 2.71. The van der Waals surface area contributed by atoms with Crippen LogP contribution in [0.3, 0.4) is 0 Å². The van der Waals surface area contributed by atoms with Crippen molar-refractivity contribution in [3.63, 3.8) is 0 Å². The smallest absolute Gasteiger partial charge is 0.123 e. The molecule has 1 saturated heterocycles. The molecular weight excluding hydrogens is 219 g/mol. The lowest BCUT2D eigenvalue weighted by Crippen LogP contribution is -2.35. The molecule has 0 aromatic heterocycles. The fraction of sp³-hybridized carbons (Fsp3) is 0.538. The number of nitrogens with zero attached hydrogens (tertiary/aromatic N) is 1. The Morgan fingerprint density at radius 3 is 3.12 bits per heavy atom. The lowest BCUT2D eigenvalue weighted by Gasteiger charge is -2.19. The van der Waals surface area contributed by atoms with E-state index in [1.807, 2.05) is 0 Å². The summed E-state index contributed by atoms with van der Waals surface area (Å²) < 4.78 is 18.9. The summed E-state index contributed by atoms with van der Waals surface area (Å²) >= 11 is 0. The molecule has 2 heterocycles. The van der Waals surface area contributed by atoms with Gasteiger partial charge in [0.25, 0.3) is 0 Å². The van der Waals surface area contributed by atoms with Gasteiger partial charge in [-0.2, -0.15) is 0 Å². The molecule has 0 spiro atoms. The monoisotopic (exact) mass is 236 g/mol. The van der Waals surface area contributed by atoms with Crippen molar-refractivity contribution in [1.82, 2.24) is 4.90 Å². The Morgan fingerprint density at radius 1 is 1.47 bits per heavy atom. The molecule has 2 aliphatic heterocycles. The van der Waals surface area contributed by atoms with Crippen LogP contribution in [-0.2, 0) is 6.42 Å². The highest BCUT2D eigenvalue weighted by Crippen LogP contribution is 2.29. The Morgan fingerprint density at radius 2 is 2.35 bits per heavy atom. The number of ether oxygens (including phenoxy) is 1. The first kappa shape index (κ1) is 11.0. The zero-order chi connectivity index (χ0) is 11.8. The van der Waals surface area contributed by atoms with Crippen LogP contribution in [0, 0.1) is 5.82 Å². The minimum absolute atomic E-state index is 0.150. The summed E-state index contributed by atoms with van der Waals surface area (Å²) in [6.45, 7) is 2.89. The summed E-state index contributed by atoms with van der Waals surface area (Å²) in [5.41, 5.74) is 6.86. The predicted molar refractivity (Wildman–Crippen MR) is 63.6 cm³/mol. The van der Waals surface area contributed by atoms with Gasteiger partial charge in [-0.15, -0.1) is 0 Å². The average Bonchev–Trinajstić information content (AvgIpc) is 2.84. The van der Waals surface area contributed by atoms with Gasteiger partial charge < -0.3 is 10.5 Å². The van der Waals surface area contributed by atoms with Crippen LogP contribution < -0.4 is 10.5 Å². The molecule has 0 saturated carbocycles. The van der Waals surface area contributed by atoms with Crippen LogP contribution in [0.1, 0.15) is 12.0 Å². The van der Waals surface area contributed by atoms with Crippen molar-refractivity contribution in [1.29, 1.82) is 0 Å². The second-order valence-corrected chi connectivity index (χ2v) is 5.00. The molecule has 3 nitrogen and oxygen atoms in total. The molecule has 2 aliphatic rings. The third-order valence-electron chi connectivity index (χ3n) is 3.53. The molecule has 3 rings (SSSR count). The van der Waals surface area contributed by atoms with Crippen molar-refractivity contribution in [2.24, 2.45) is 5.73 Å². The van der Waals surface area contributed by atoms with Gasteiger partial charge in [-0.05, 0) is 31.2 Å². The van der Waals surface area contributed by atoms with Crippen LogP contribution in [0.4, 0.5) is 4.39 Å². The molecule has 2 atom stereocenters. The summed E-state index contributed by atoms with van der Waals surface area (Å²) in [5.74, 6) is 0.649. The van der Waals surface area contributed by atoms with Crippen LogP contribution in [-0.4, -0.2) is 36.7 Å². The first-order chi connectivity index (χ1) is 8.20. The van der Waals surface area contributed by atoms with Crippen molar-refractivity contribution in [2.45, 2.75) is 25.0 Å². The highest BCUT2D eigenvalue weighted by molar-refractivity contribution is 5.37. The second kappa shape index (κ2) is 4.27. The first-order valence-corrected chi connectivity index (χ1v) is 6.14. The Kier molecular flexibility index (Phi) is 2.76. The first-order valence-electron chi connectivity index (χ1n) is 6.14. The van der Waals surface area contributed by atoms with Gasteiger partial charge in [0.2, 0.25) is 0 Å². The minimum Gasteiger partial charge on any atom is -0.488 e. The molecule has 17 heavy (non-hydrogen) atoms. The number of halogens is 1. The van der Waals surface area contributed by atoms with E-state index in [9.17, 15) is 4.39 Å². The van der Waals surface area contributed by atoms with E-state index in [2.05, 4.69) is 4.90 Å². The number of hydrogen-bond donors (Lipinski definition) is 1. The largest absolute Gasteiger partial charge is 0.488 e. The fourth-order valence-corrected chi connectivity index (χ4v) is 2.71. The third kappa shape index (κ3) is 2.28. The summed E-state index contributed by atoms with van der Waals surface area (Å²) in [5, 5.41) is 0. The summed E-state index contributed by atoms with van der Waals surface area (Å²) in [6.07, 6.45) is 2.02. The van der Waals surface area contributed by atoms with E-state index in [1.165, 1.54) is 6.07 Å². The molecule has 1 aromatic carbocycles. The Balaban J connectivity index is 1.62. The predicted octanol–water partition coefficient (Wildman–Crippen LogP) is 1.16. The van der Waals surface area contributed by atoms with Crippen LogP contribution in [0.25, 0.3) is 0 Å². The number of fused-ring (bicyclic) bond motifs is 1. The molecule has 2 N–H and O–H groups in total. The highest BCUT2D eigenvalue weighted by Gasteiger charge is 2.28. The van der Waals surface area contributed by atoms with Crippen molar-refractivity contribution < 1.29 is 9.13 Å². The molecule has 1 fully saturated rings. The number of rotatable bonds is 2. The van der Waals surface area contributed by atoms with E-state index in [0.717, 1.165) is 43.8 Å². The van der Waals surface area contributed by atoms with Gasteiger partial charge in [0.15, 0.2) is 0 Å². The summed E-state index contributed by atoms with van der Waals surface area (Å²) in [4.78, 5) is 2.33. The Bertz CT molecular complexity index is 424. The maximum Gasteiger partial charge on any atom is 0.123 e. The van der Waals surface area contributed by atoms with E-state index in [0.29, 0.717) is 6.04 Å². The third-order valence-corrected chi connectivity index (χ3v) is 3.53. The maximum atomic E-state index is 13.1. The average molecular weight is 236 g/mol. The zero-order valence-corrected chi connectivity index (χ0v) is 9.73. The standard InChI is InChI=1S/C13H17FN2O/c14-10-1-2-13-9(5-10)6-12(17-13)8-16-4-3-11(15)7-16/h1-2,5,11-12H,3-4,6-8,15H2. The molecule has 0 bridgehead atoms. The molecule has 4 heteroatoms. The summed E-state index contributed by atoms with van der Waals surface area (Å²) in [7, 11) is 0. The minimum atomic E-state index is -0.184. The molecule has 92 valence electrons.